The number of piperazine rings is 1. The Morgan fingerprint density at radius 2 is 1.74 bits per heavy atom. The molecule has 4 aliphatic heterocycles. The molecule has 4 fully saturated rings. The number of carbonyl (C=O) groups excluding carboxylic acids is 1. The molecule has 2 aromatic rings. The zero-order valence-corrected chi connectivity index (χ0v) is 19.9. The molecule has 0 aliphatic carbocycles. The molecule has 34 heavy (non-hydrogen) atoms. The summed E-state index contributed by atoms with van der Waals surface area (Å²) < 4.78 is 0. The molecule has 1 amide bonds. The lowest BCUT2D eigenvalue weighted by Crippen LogP contribution is -2.69. The van der Waals surface area contributed by atoms with Crippen LogP contribution in [0.25, 0.3) is 0 Å². The maximum absolute atomic E-state index is 12.9. The van der Waals surface area contributed by atoms with Crippen molar-refractivity contribution in [1.82, 2.24) is 20.2 Å². The number of rotatable bonds is 7. The highest BCUT2D eigenvalue weighted by molar-refractivity contribution is 5.93. The predicted molar refractivity (Wildman–Crippen MR) is 135 cm³/mol. The standard InChI is InChI=1S/C28H36N4O2/c1-2-14-30-19-24-18-25(20-30)32(24)27(23-8-7-9-26(33)17-23)21-10-12-22(13-11-21)28(34)29-31-15-5-3-4-6-16-31/h2,7-13,17,24-25,27,33H,1,3-6,14-16,18-20H2,(H,29,34). The fourth-order valence-electron chi connectivity index (χ4n) is 5.92. The number of aromatic hydroxyl groups is 1. The fourth-order valence-corrected chi connectivity index (χ4v) is 5.92. The molecule has 4 heterocycles. The summed E-state index contributed by atoms with van der Waals surface area (Å²) in [6.07, 6.45) is 7.93. The van der Waals surface area contributed by atoms with Gasteiger partial charge in [-0.1, -0.05) is 43.2 Å². The molecule has 4 aliphatic rings. The van der Waals surface area contributed by atoms with Gasteiger partial charge in [-0.2, -0.15) is 0 Å². The van der Waals surface area contributed by atoms with E-state index in [1.807, 2.05) is 30.3 Å². The van der Waals surface area contributed by atoms with Crippen LogP contribution in [0.3, 0.4) is 0 Å². The third kappa shape index (κ3) is 4.90. The summed E-state index contributed by atoms with van der Waals surface area (Å²) in [5.74, 6) is 0.248. The second-order valence-electron chi connectivity index (χ2n) is 9.96. The van der Waals surface area contributed by atoms with Crippen LogP contribution in [0.5, 0.6) is 5.75 Å². The van der Waals surface area contributed by atoms with Crippen LogP contribution in [-0.4, -0.2) is 70.6 Å². The number of hydrogen-bond acceptors (Lipinski definition) is 5. The van der Waals surface area contributed by atoms with Crippen molar-refractivity contribution in [1.29, 1.82) is 0 Å². The largest absolute Gasteiger partial charge is 0.508 e. The highest BCUT2D eigenvalue weighted by Gasteiger charge is 2.48. The minimum Gasteiger partial charge on any atom is -0.508 e. The first-order valence-electron chi connectivity index (χ1n) is 12.7. The molecule has 180 valence electrons. The van der Waals surface area contributed by atoms with Gasteiger partial charge >= 0.3 is 0 Å². The number of nitrogens with one attached hydrogen (secondary N) is 1. The van der Waals surface area contributed by atoms with E-state index in [1.54, 1.807) is 6.07 Å². The van der Waals surface area contributed by atoms with Gasteiger partial charge in [0.1, 0.15) is 5.75 Å². The number of benzene rings is 2. The molecule has 0 radical (unpaired) electrons. The quantitative estimate of drug-likeness (QED) is 0.613. The molecule has 6 rings (SSSR count). The van der Waals surface area contributed by atoms with Gasteiger partial charge in [-0.3, -0.25) is 20.0 Å². The zero-order valence-electron chi connectivity index (χ0n) is 19.9. The Morgan fingerprint density at radius 1 is 1.03 bits per heavy atom. The second kappa shape index (κ2) is 10.3. The number of phenols is 1. The van der Waals surface area contributed by atoms with E-state index in [0.717, 1.165) is 56.7 Å². The first-order chi connectivity index (χ1) is 16.6. The van der Waals surface area contributed by atoms with Crippen molar-refractivity contribution in [3.05, 3.63) is 77.9 Å². The summed E-state index contributed by atoms with van der Waals surface area (Å²) in [6.45, 7) is 8.74. The number of phenolic OH excluding ortho intramolecular Hbond substituents is 1. The normalized spacial score (nSPS) is 24.6. The number of amides is 1. The molecule has 2 N–H and O–H groups in total. The van der Waals surface area contributed by atoms with E-state index in [4.69, 9.17) is 0 Å². The van der Waals surface area contributed by atoms with E-state index in [1.165, 1.54) is 19.3 Å². The summed E-state index contributed by atoms with van der Waals surface area (Å²) in [7, 11) is 0. The highest BCUT2D eigenvalue weighted by Crippen LogP contribution is 2.43. The summed E-state index contributed by atoms with van der Waals surface area (Å²) in [5, 5.41) is 12.3. The van der Waals surface area contributed by atoms with Crippen molar-refractivity contribution in [3.63, 3.8) is 0 Å². The third-order valence-corrected chi connectivity index (χ3v) is 7.55. The molecule has 0 saturated carbocycles. The van der Waals surface area contributed by atoms with E-state index in [-0.39, 0.29) is 17.7 Å². The van der Waals surface area contributed by atoms with Crippen LogP contribution < -0.4 is 5.43 Å². The maximum atomic E-state index is 12.9. The van der Waals surface area contributed by atoms with Gasteiger partial charge in [0.15, 0.2) is 0 Å². The molecule has 6 heteroatoms. The third-order valence-electron chi connectivity index (χ3n) is 7.55. The Kier molecular flexibility index (Phi) is 6.99. The molecule has 3 unspecified atom stereocenters. The Labute approximate surface area is 202 Å². The van der Waals surface area contributed by atoms with Crippen molar-refractivity contribution < 1.29 is 9.90 Å². The Hall–Kier alpha value is -2.67. The first-order valence-corrected chi connectivity index (χ1v) is 12.7. The van der Waals surface area contributed by atoms with Crippen molar-refractivity contribution in [2.45, 2.75) is 50.2 Å². The average molecular weight is 461 g/mol. The van der Waals surface area contributed by atoms with Crippen LogP contribution in [-0.2, 0) is 0 Å². The minimum atomic E-state index is -0.0387. The molecule has 0 aromatic heterocycles. The van der Waals surface area contributed by atoms with Crippen molar-refractivity contribution >= 4 is 5.91 Å². The average Bonchev–Trinajstić information content (AvgIpc) is 3.11. The SMILES string of the molecule is C=CCN1CC2CC(C1)N2C(c1ccc(C(=O)NN2CCCCCC2)cc1)c1cccc(O)c1. The van der Waals surface area contributed by atoms with E-state index in [9.17, 15) is 9.90 Å². The van der Waals surface area contributed by atoms with Crippen molar-refractivity contribution in [2.24, 2.45) is 0 Å². The Balaban J connectivity index is 1.36. The smallest absolute Gasteiger partial charge is 0.265 e. The monoisotopic (exact) mass is 460 g/mol. The predicted octanol–water partition coefficient (Wildman–Crippen LogP) is 3.95. The first kappa shape index (κ1) is 23.1. The maximum Gasteiger partial charge on any atom is 0.265 e. The van der Waals surface area contributed by atoms with Crippen LogP contribution in [0, 0.1) is 0 Å². The van der Waals surface area contributed by atoms with Gasteiger partial charge in [-0.25, -0.2) is 5.01 Å². The number of hydrazine groups is 1. The highest BCUT2D eigenvalue weighted by atomic mass is 16.3. The summed E-state index contributed by atoms with van der Waals surface area (Å²) in [6, 6.07) is 16.7. The second-order valence-corrected chi connectivity index (χ2v) is 9.96. The van der Waals surface area contributed by atoms with E-state index in [0.29, 0.717) is 17.6 Å². The van der Waals surface area contributed by atoms with Crippen LogP contribution in [0.1, 0.15) is 59.6 Å². The number of fused-ring (bicyclic) bond motifs is 2. The van der Waals surface area contributed by atoms with E-state index in [2.05, 4.69) is 45.0 Å². The molecule has 0 spiro atoms. The van der Waals surface area contributed by atoms with Gasteiger partial charge in [0.05, 0.1) is 6.04 Å². The van der Waals surface area contributed by atoms with Gasteiger partial charge in [-0.05, 0) is 54.7 Å². The minimum absolute atomic E-state index is 0.0387. The molecule has 3 atom stereocenters. The lowest BCUT2D eigenvalue weighted by molar-refractivity contribution is -0.0850. The van der Waals surface area contributed by atoms with Gasteiger partial charge in [-0.15, -0.1) is 6.58 Å². The fraction of sp³-hybridized carbons (Fsp3) is 0.464. The van der Waals surface area contributed by atoms with Crippen LogP contribution >= 0.6 is 0 Å². The van der Waals surface area contributed by atoms with E-state index >= 15 is 0 Å². The summed E-state index contributed by atoms with van der Waals surface area (Å²) in [4.78, 5) is 17.9. The summed E-state index contributed by atoms with van der Waals surface area (Å²) >= 11 is 0. The van der Waals surface area contributed by atoms with Crippen molar-refractivity contribution in [2.75, 3.05) is 32.7 Å². The number of carbonyl (C=O) groups is 1. The molecular weight excluding hydrogens is 424 g/mol. The molecule has 2 bridgehead atoms. The number of hydrogen-bond donors (Lipinski definition) is 2. The number of piperidine rings is 1. The van der Waals surface area contributed by atoms with Gasteiger partial charge in [0.2, 0.25) is 0 Å². The molecule has 6 nitrogen and oxygen atoms in total. The van der Waals surface area contributed by atoms with Crippen LogP contribution in [0.2, 0.25) is 0 Å². The Morgan fingerprint density at radius 3 is 2.38 bits per heavy atom. The topological polar surface area (TPSA) is 59.0 Å². The zero-order chi connectivity index (χ0) is 23.5. The number of nitrogens with zero attached hydrogens (tertiary/aromatic N) is 3. The Bertz CT molecular complexity index is 988. The summed E-state index contributed by atoms with van der Waals surface area (Å²) in [5.41, 5.74) is 6.03. The van der Waals surface area contributed by atoms with Gasteiger partial charge < -0.3 is 5.11 Å². The lowest BCUT2D eigenvalue weighted by Gasteiger charge is -2.59. The molecule has 2 aromatic carbocycles. The van der Waals surface area contributed by atoms with Crippen LogP contribution in [0.4, 0.5) is 0 Å². The van der Waals surface area contributed by atoms with Crippen molar-refractivity contribution in [3.8, 4) is 5.75 Å². The van der Waals surface area contributed by atoms with E-state index < -0.39 is 0 Å². The van der Waals surface area contributed by atoms with Gasteiger partial charge in [0.25, 0.3) is 5.91 Å². The molecule has 4 saturated heterocycles. The van der Waals surface area contributed by atoms with Gasteiger partial charge in [0, 0.05) is 50.4 Å². The molecular formula is C28H36N4O2. The van der Waals surface area contributed by atoms with Crippen LogP contribution in [0.15, 0.2) is 61.2 Å². The lowest BCUT2D eigenvalue weighted by atomic mass is 9.81.